The summed E-state index contributed by atoms with van der Waals surface area (Å²) in [5.41, 5.74) is 6.42. The van der Waals surface area contributed by atoms with Crippen LogP contribution in [0, 0.1) is 0 Å². The van der Waals surface area contributed by atoms with Gasteiger partial charge < -0.3 is 15.2 Å². The van der Waals surface area contributed by atoms with Crippen molar-refractivity contribution in [2.45, 2.75) is 284 Å². The van der Waals surface area contributed by atoms with Gasteiger partial charge in [0, 0.05) is 18.9 Å². The van der Waals surface area contributed by atoms with Gasteiger partial charge in [0.05, 0.1) is 0 Å². The lowest BCUT2D eigenvalue weighted by Gasteiger charge is -2.18. The smallest absolute Gasteiger partial charge is 0.306 e. The van der Waals surface area contributed by atoms with Crippen LogP contribution in [-0.4, -0.2) is 30.2 Å². The van der Waals surface area contributed by atoms with Gasteiger partial charge in [0.2, 0.25) is 0 Å². The number of hydrogen-bond acceptors (Lipinski definition) is 5. The van der Waals surface area contributed by atoms with Crippen LogP contribution in [0.15, 0.2) is 0 Å². The van der Waals surface area contributed by atoms with E-state index >= 15 is 0 Å². The Kier molecular flexibility index (Phi) is 39.2. The van der Waals surface area contributed by atoms with E-state index in [0.717, 1.165) is 70.6 Å². The molecule has 0 aromatic heterocycles. The maximum Gasteiger partial charge on any atom is 0.306 e. The van der Waals surface area contributed by atoms with Gasteiger partial charge in [0.15, 0.2) is 0 Å². The normalized spacial score (nSPS) is 12.7. The predicted molar refractivity (Wildman–Crippen MR) is 221 cm³/mol. The van der Waals surface area contributed by atoms with Crippen LogP contribution < -0.4 is 5.73 Å². The van der Waals surface area contributed by atoms with Crippen LogP contribution in [0.5, 0.6) is 0 Å². The number of carbonyl (C=O) groups is 2. The third-order valence-electron chi connectivity index (χ3n) is 10.8. The minimum absolute atomic E-state index is 0.00707. The molecule has 5 nitrogen and oxygen atoms in total. The molecule has 51 heavy (non-hydrogen) atoms. The molecule has 0 saturated carbocycles. The molecule has 0 fully saturated rings. The fraction of sp³-hybridized carbons (Fsp3) is 0.957. The molecule has 2 N–H and O–H groups in total. The first-order chi connectivity index (χ1) is 25.0. The molecule has 2 atom stereocenters. The van der Waals surface area contributed by atoms with E-state index in [4.69, 9.17) is 15.2 Å². The van der Waals surface area contributed by atoms with Crippen molar-refractivity contribution < 1.29 is 19.1 Å². The molecular formula is C46H91NO4. The zero-order valence-electron chi connectivity index (χ0n) is 35.1. The van der Waals surface area contributed by atoms with E-state index in [1.165, 1.54) is 154 Å². The molecule has 0 bridgehead atoms. The molecule has 0 saturated heterocycles. The highest BCUT2D eigenvalue weighted by molar-refractivity contribution is 5.69. The predicted octanol–water partition coefficient (Wildman–Crippen LogP) is 14.7. The van der Waals surface area contributed by atoms with Crippen molar-refractivity contribution in [3.05, 3.63) is 0 Å². The Balaban J connectivity index is 3.89. The monoisotopic (exact) mass is 722 g/mol. The number of hydrogen-bond donors (Lipinski definition) is 1. The summed E-state index contributed by atoms with van der Waals surface area (Å²) in [4.78, 5) is 25.1. The van der Waals surface area contributed by atoms with E-state index in [1.807, 2.05) is 0 Å². The van der Waals surface area contributed by atoms with E-state index in [1.54, 1.807) is 0 Å². The maximum atomic E-state index is 12.7. The number of unbranched alkanes of at least 4 members (excludes halogenated alkanes) is 23. The second-order valence-corrected chi connectivity index (χ2v) is 16.1. The van der Waals surface area contributed by atoms with E-state index in [-0.39, 0.29) is 24.1 Å². The van der Waals surface area contributed by atoms with Gasteiger partial charge in [-0.05, 0) is 70.6 Å². The third-order valence-corrected chi connectivity index (χ3v) is 10.8. The molecule has 5 heteroatoms. The van der Waals surface area contributed by atoms with Crippen molar-refractivity contribution in [3.8, 4) is 0 Å². The van der Waals surface area contributed by atoms with E-state index < -0.39 is 0 Å². The first-order valence-corrected chi connectivity index (χ1v) is 23.1. The van der Waals surface area contributed by atoms with Gasteiger partial charge in [-0.25, -0.2) is 0 Å². The third kappa shape index (κ3) is 37.0. The van der Waals surface area contributed by atoms with Crippen LogP contribution in [0.25, 0.3) is 0 Å². The summed E-state index contributed by atoms with van der Waals surface area (Å²) < 4.78 is 11.9. The van der Waals surface area contributed by atoms with E-state index in [9.17, 15) is 9.59 Å². The molecule has 2 unspecified atom stereocenters. The van der Waals surface area contributed by atoms with Gasteiger partial charge in [-0.3, -0.25) is 9.59 Å². The SMILES string of the molecule is CCCCCCCCC(CCC)OC(=O)CCCCCCCC(N)CCCCCCCC(=O)OC(CCCCCCCC)CCCCCCCC. The van der Waals surface area contributed by atoms with Crippen LogP contribution in [-0.2, 0) is 19.1 Å². The zero-order valence-corrected chi connectivity index (χ0v) is 35.1. The van der Waals surface area contributed by atoms with Crippen molar-refractivity contribution in [1.29, 1.82) is 0 Å². The van der Waals surface area contributed by atoms with Crippen LogP contribution in [0.1, 0.15) is 265 Å². The number of carbonyl (C=O) groups excluding carboxylic acids is 2. The summed E-state index contributed by atoms with van der Waals surface area (Å²) in [6.45, 7) is 8.96. The number of esters is 2. The standard InChI is InChI=1S/C46H91NO4/c1-5-9-12-15-22-29-37-43(34-8-4)50-45(48)40-32-25-18-20-27-35-42(47)36-28-21-19-26-33-41-46(49)51-44(38-30-23-16-13-10-6-2)39-31-24-17-14-11-7-3/h42-44H,5-41,47H2,1-4H3. The summed E-state index contributed by atoms with van der Waals surface area (Å²) in [7, 11) is 0. The van der Waals surface area contributed by atoms with Crippen LogP contribution >= 0.6 is 0 Å². The van der Waals surface area contributed by atoms with E-state index in [2.05, 4.69) is 27.7 Å². The largest absolute Gasteiger partial charge is 0.462 e. The molecule has 0 heterocycles. The lowest BCUT2D eigenvalue weighted by Crippen LogP contribution is -2.19. The summed E-state index contributed by atoms with van der Waals surface area (Å²) in [5.74, 6) is 0.0333. The first-order valence-electron chi connectivity index (χ1n) is 23.1. The summed E-state index contributed by atoms with van der Waals surface area (Å²) in [5, 5.41) is 0. The van der Waals surface area contributed by atoms with Crippen molar-refractivity contribution in [2.75, 3.05) is 0 Å². The van der Waals surface area contributed by atoms with E-state index in [0.29, 0.717) is 18.9 Å². The molecule has 0 aromatic carbocycles. The average molecular weight is 722 g/mol. The lowest BCUT2D eigenvalue weighted by atomic mass is 10.0. The van der Waals surface area contributed by atoms with Crippen molar-refractivity contribution in [1.82, 2.24) is 0 Å². The fourth-order valence-electron chi connectivity index (χ4n) is 7.35. The molecule has 0 aliphatic rings. The first kappa shape index (κ1) is 49.9. The highest BCUT2D eigenvalue weighted by Crippen LogP contribution is 2.20. The molecule has 304 valence electrons. The van der Waals surface area contributed by atoms with Crippen LogP contribution in [0.2, 0.25) is 0 Å². The Morgan fingerprint density at radius 3 is 0.961 bits per heavy atom. The Morgan fingerprint density at radius 2 is 0.627 bits per heavy atom. The molecule has 0 rings (SSSR count). The van der Waals surface area contributed by atoms with Gasteiger partial charge in [-0.15, -0.1) is 0 Å². The zero-order chi connectivity index (χ0) is 37.5. The fourth-order valence-corrected chi connectivity index (χ4v) is 7.35. The molecule has 0 spiro atoms. The van der Waals surface area contributed by atoms with Gasteiger partial charge in [-0.2, -0.15) is 0 Å². The lowest BCUT2D eigenvalue weighted by molar-refractivity contribution is -0.151. The number of nitrogens with two attached hydrogens (primary N) is 1. The Morgan fingerprint density at radius 1 is 0.353 bits per heavy atom. The topological polar surface area (TPSA) is 78.6 Å². The summed E-state index contributed by atoms with van der Waals surface area (Å²) in [6, 6.07) is 0.298. The van der Waals surface area contributed by atoms with Gasteiger partial charge in [0.1, 0.15) is 12.2 Å². The average Bonchev–Trinajstić information content (AvgIpc) is 3.11. The van der Waals surface area contributed by atoms with Gasteiger partial charge in [0.25, 0.3) is 0 Å². The quantitative estimate of drug-likeness (QED) is 0.0502. The summed E-state index contributed by atoms with van der Waals surface area (Å²) >= 11 is 0. The van der Waals surface area contributed by atoms with Crippen molar-refractivity contribution in [3.63, 3.8) is 0 Å². The number of rotatable bonds is 41. The minimum atomic E-state index is 0.00707. The van der Waals surface area contributed by atoms with Crippen molar-refractivity contribution >= 4 is 11.9 Å². The highest BCUT2D eigenvalue weighted by Gasteiger charge is 2.15. The minimum Gasteiger partial charge on any atom is -0.462 e. The second kappa shape index (κ2) is 40.1. The molecule has 0 amide bonds. The van der Waals surface area contributed by atoms with Gasteiger partial charge >= 0.3 is 11.9 Å². The molecule has 0 aliphatic carbocycles. The maximum absolute atomic E-state index is 12.7. The summed E-state index contributed by atoms with van der Waals surface area (Å²) in [6.07, 6.45) is 43.2. The van der Waals surface area contributed by atoms with Crippen LogP contribution in [0.3, 0.4) is 0 Å². The Hall–Kier alpha value is -1.10. The van der Waals surface area contributed by atoms with Crippen molar-refractivity contribution in [2.24, 2.45) is 5.73 Å². The highest BCUT2D eigenvalue weighted by atomic mass is 16.5. The second-order valence-electron chi connectivity index (χ2n) is 16.1. The molecule has 0 aliphatic heterocycles. The van der Waals surface area contributed by atoms with Gasteiger partial charge in [-0.1, -0.05) is 182 Å². The van der Waals surface area contributed by atoms with Crippen LogP contribution in [0.4, 0.5) is 0 Å². The number of ether oxygens (including phenoxy) is 2. The molecule has 0 radical (unpaired) electrons. The Labute approximate surface area is 319 Å². The molecular weight excluding hydrogens is 631 g/mol. The Bertz CT molecular complexity index is 712. The molecule has 0 aromatic rings.